The quantitative estimate of drug-likeness (QED) is 0.304. The number of carbonyl (C=O) groups is 4. The first kappa shape index (κ1) is 30.9. The second kappa shape index (κ2) is 10.5. The van der Waals surface area contributed by atoms with Crippen molar-refractivity contribution in [3.05, 3.63) is 52.6 Å². The van der Waals surface area contributed by atoms with Gasteiger partial charge in [-0.25, -0.2) is 9.59 Å². The maximum absolute atomic E-state index is 13.2. The minimum absolute atomic E-state index is 0.158. The third kappa shape index (κ3) is 3.89. The number of phenols is 1. The van der Waals surface area contributed by atoms with Crippen molar-refractivity contribution in [3.8, 4) is 28.7 Å². The molecule has 0 amide bonds. The Balaban J connectivity index is 1.48. The Bertz CT molecular complexity index is 1790. The molecule has 5 N–H and O–H groups in total. The highest BCUT2D eigenvalue weighted by molar-refractivity contribution is 6.13. The van der Waals surface area contributed by atoms with Crippen LogP contribution >= 0.6 is 0 Å². The van der Waals surface area contributed by atoms with E-state index in [1.807, 2.05) is 0 Å². The van der Waals surface area contributed by atoms with Gasteiger partial charge in [-0.2, -0.15) is 0 Å². The lowest BCUT2D eigenvalue weighted by molar-refractivity contribution is -0.173. The molecule has 2 aliphatic carbocycles. The molecule has 0 aromatic heterocycles. The number of Topliss-reactive ketones (excluding diaryl/α,β-unsaturated/α-hetero) is 2. The molecule has 14 nitrogen and oxygen atoms in total. The zero-order valence-electron chi connectivity index (χ0n) is 25.0. The van der Waals surface area contributed by atoms with Crippen molar-refractivity contribution in [3.63, 3.8) is 0 Å². The van der Waals surface area contributed by atoms with E-state index in [0.29, 0.717) is 0 Å². The average Bonchev–Trinajstić information content (AvgIpc) is 3.02. The first-order valence-electron chi connectivity index (χ1n) is 14.3. The maximum Gasteiger partial charge on any atom is 0.358 e. The zero-order chi connectivity index (χ0) is 33.5. The van der Waals surface area contributed by atoms with Crippen LogP contribution in [-0.2, 0) is 28.7 Å². The number of hydrogen-bond donors (Lipinski definition) is 5. The molecule has 2 aliphatic heterocycles. The Hall–Kier alpha value is -5.08. The molecule has 4 aliphatic rings. The number of hydrogen-bond acceptors (Lipinski definition) is 14. The smallest absolute Gasteiger partial charge is 0.358 e. The molecule has 0 saturated heterocycles. The number of fused-ring (bicyclic) bond motifs is 4. The number of rotatable bonds is 4. The van der Waals surface area contributed by atoms with E-state index in [4.69, 9.17) is 23.7 Å². The summed E-state index contributed by atoms with van der Waals surface area (Å²) in [6, 6.07) is 6.55. The fraction of sp³-hybridized carbons (Fsp3) is 0.375. The maximum atomic E-state index is 13.2. The Morgan fingerprint density at radius 2 is 1.22 bits per heavy atom. The monoisotopic (exact) mass is 638 g/mol. The van der Waals surface area contributed by atoms with Gasteiger partial charge in [-0.15, -0.1) is 0 Å². The molecule has 14 heteroatoms. The van der Waals surface area contributed by atoms with Crippen LogP contribution in [0.3, 0.4) is 0 Å². The van der Waals surface area contributed by atoms with Gasteiger partial charge in [0.25, 0.3) is 11.2 Å². The molecule has 2 aromatic carbocycles. The number of aromatic hydroxyl groups is 1. The SMILES string of the molecule is COC(=O)C12Oc3cccc(Oc4ccc5c(c4O)C(O)=C4C(=O)CC(C)C(O)C4(C(=O)OC)O5)c3C(O)=C1C(=O)CC(C)C2O. The minimum Gasteiger partial charge on any atom is -0.506 e. The first-order valence-corrected chi connectivity index (χ1v) is 14.3. The lowest BCUT2D eigenvalue weighted by Crippen LogP contribution is -2.64. The van der Waals surface area contributed by atoms with Gasteiger partial charge in [0.15, 0.2) is 23.1 Å². The van der Waals surface area contributed by atoms with Crippen LogP contribution in [0.1, 0.15) is 37.8 Å². The Labute approximate surface area is 261 Å². The van der Waals surface area contributed by atoms with E-state index in [1.54, 1.807) is 6.92 Å². The fourth-order valence-corrected chi connectivity index (χ4v) is 6.77. The summed E-state index contributed by atoms with van der Waals surface area (Å²) in [6.07, 6.45) is -3.60. The number of benzene rings is 2. The number of ketones is 2. The van der Waals surface area contributed by atoms with Crippen LogP contribution in [0.5, 0.6) is 28.7 Å². The van der Waals surface area contributed by atoms with Crippen molar-refractivity contribution >= 4 is 35.0 Å². The molecule has 2 saturated carbocycles. The molecular formula is C32H30O14. The van der Waals surface area contributed by atoms with Gasteiger partial charge in [-0.1, -0.05) is 19.9 Å². The number of ether oxygens (including phenoxy) is 5. The topological polar surface area (TPSA) is 216 Å². The van der Waals surface area contributed by atoms with Crippen LogP contribution < -0.4 is 14.2 Å². The van der Waals surface area contributed by atoms with Crippen molar-refractivity contribution in [1.29, 1.82) is 0 Å². The Kier molecular flexibility index (Phi) is 7.05. The number of aliphatic hydroxyl groups excluding tert-OH is 4. The molecule has 2 heterocycles. The molecule has 2 aromatic rings. The van der Waals surface area contributed by atoms with Crippen LogP contribution in [0.4, 0.5) is 0 Å². The molecule has 6 rings (SSSR count). The van der Waals surface area contributed by atoms with Crippen LogP contribution in [0, 0.1) is 11.8 Å². The lowest BCUT2D eigenvalue weighted by atomic mass is 9.69. The standard InChI is InChI=1S/C32H30O14/c1-12-10-14(33)22-25(36)20-16(6-5-7-17(20)45-31(22,27(12)38)29(40)42-3)44-19-9-8-18-21(24(19)35)26(37)23-15(34)11-13(2)28(39)32(23,46-18)30(41)43-4/h5-9,12-13,27-28,35-39H,10-11H2,1-4H3. The molecule has 6 unspecified atom stereocenters. The number of carbonyl (C=O) groups excluding carboxylic acids is 4. The molecule has 6 atom stereocenters. The number of methoxy groups -OCH3 is 2. The molecule has 242 valence electrons. The number of aliphatic hydroxyl groups is 4. The highest BCUT2D eigenvalue weighted by Gasteiger charge is 2.64. The third-order valence-electron chi connectivity index (χ3n) is 9.00. The predicted molar refractivity (Wildman–Crippen MR) is 154 cm³/mol. The second-order valence-electron chi connectivity index (χ2n) is 11.7. The van der Waals surface area contributed by atoms with Gasteiger partial charge in [0.2, 0.25) is 0 Å². The molecule has 0 radical (unpaired) electrons. The summed E-state index contributed by atoms with van der Waals surface area (Å²) in [6.45, 7) is 3.07. The summed E-state index contributed by atoms with van der Waals surface area (Å²) in [5, 5.41) is 56.2. The number of phenolic OH excluding ortho intramolecular Hbond substituents is 1. The second-order valence-corrected chi connectivity index (χ2v) is 11.7. The van der Waals surface area contributed by atoms with Gasteiger partial charge < -0.3 is 49.2 Å². The van der Waals surface area contributed by atoms with Gasteiger partial charge in [-0.3, -0.25) is 9.59 Å². The fourth-order valence-electron chi connectivity index (χ4n) is 6.77. The van der Waals surface area contributed by atoms with Crippen LogP contribution in [-0.4, -0.2) is 86.7 Å². The summed E-state index contributed by atoms with van der Waals surface area (Å²) in [4.78, 5) is 52.4. The highest BCUT2D eigenvalue weighted by atomic mass is 16.6. The van der Waals surface area contributed by atoms with Crippen molar-refractivity contribution in [1.82, 2.24) is 0 Å². The van der Waals surface area contributed by atoms with Gasteiger partial charge >= 0.3 is 11.9 Å². The minimum atomic E-state index is -2.40. The Morgan fingerprint density at radius 1 is 0.739 bits per heavy atom. The van der Waals surface area contributed by atoms with E-state index in [1.165, 1.54) is 37.3 Å². The summed E-state index contributed by atoms with van der Waals surface area (Å²) < 4.78 is 27.5. The highest BCUT2D eigenvalue weighted by Crippen LogP contribution is 2.54. The van der Waals surface area contributed by atoms with Crippen molar-refractivity contribution in [2.24, 2.45) is 11.8 Å². The van der Waals surface area contributed by atoms with Crippen molar-refractivity contribution in [2.75, 3.05) is 14.2 Å². The van der Waals surface area contributed by atoms with Crippen LogP contribution in [0.15, 0.2) is 41.5 Å². The number of esters is 2. The third-order valence-corrected chi connectivity index (χ3v) is 9.00. The van der Waals surface area contributed by atoms with E-state index in [2.05, 4.69) is 0 Å². The van der Waals surface area contributed by atoms with Gasteiger partial charge in [-0.05, 0) is 36.1 Å². The van der Waals surface area contributed by atoms with E-state index in [0.717, 1.165) is 14.2 Å². The normalized spacial score (nSPS) is 29.8. The van der Waals surface area contributed by atoms with E-state index in [9.17, 15) is 44.7 Å². The van der Waals surface area contributed by atoms with Gasteiger partial charge in [0.05, 0.1) is 25.4 Å². The van der Waals surface area contributed by atoms with Crippen molar-refractivity contribution in [2.45, 2.75) is 50.1 Å². The van der Waals surface area contributed by atoms with Gasteiger partial charge in [0, 0.05) is 12.8 Å². The predicted octanol–water partition coefficient (Wildman–Crippen LogP) is 2.27. The zero-order valence-corrected chi connectivity index (χ0v) is 25.0. The molecule has 2 fully saturated rings. The van der Waals surface area contributed by atoms with E-state index in [-0.39, 0.29) is 41.4 Å². The molecule has 46 heavy (non-hydrogen) atoms. The molecule has 0 bridgehead atoms. The first-order chi connectivity index (χ1) is 21.8. The van der Waals surface area contributed by atoms with E-state index < -0.39 is 92.7 Å². The molecular weight excluding hydrogens is 608 g/mol. The van der Waals surface area contributed by atoms with Crippen LogP contribution in [0.2, 0.25) is 0 Å². The van der Waals surface area contributed by atoms with Crippen LogP contribution in [0.25, 0.3) is 11.5 Å². The molecule has 0 spiro atoms. The summed E-state index contributed by atoms with van der Waals surface area (Å²) in [5.74, 6) is -8.35. The van der Waals surface area contributed by atoms with E-state index >= 15 is 0 Å². The lowest BCUT2D eigenvalue weighted by Gasteiger charge is -2.45. The summed E-state index contributed by atoms with van der Waals surface area (Å²) >= 11 is 0. The average molecular weight is 639 g/mol. The largest absolute Gasteiger partial charge is 0.506 e. The van der Waals surface area contributed by atoms with Crippen molar-refractivity contribution < 1.29 is 68.4 Å². The Morgan fingerprint density at radius 3 is 1.72 bits per heavy atom. The summed E-state index contributed by atoms with van der Waals surface area (Å²) in [7, 11) is 2.08. The summed E-state index contributed by atoms with van der Waals surface area (Å²) in [5.41, 5.74) is -6.49. The van der Waals surface area contributed by atoms with Gasteiger partial charge in [0.1, 0.15) is 52.1 Å².